The van der Waals surface area contributed by atoms with Gasteiger partial charge in [-0.3, -0.25) is 0 Å². The average molecular weight is 331 g/mol. The van der Waals surface area contributed by atoms with Crippen LogP contribution in [-0.4, -0.2) is 23.3 Å². The summed E-state index contributed by atoms with van der Waals surface area (Å²) in [7, 11) is 0. The molecule has 23 heavy (non-hydrogen) atoms. The smallest absolute Gasteiger partial charge is 0.319 e. The number of aliphatic hydroxyl groups is 1. The first-order valence-corrected chi connectivity index (χ1v) is 8.02. The molecule has 2 aromatic carbocycles. The molecule has 0 heterocycles. The van der Waals surface area contributed by atoms with E-state index in [1.165, 1.54) is 5.56 Å². The molecule has 0 saturated heterocycles. The Morgan fingerprint density at radius 2 is 1.83 bits per heavy atom. The van der Waals surface area contributed by atoms with Gasteiger partial charge in [-0.2, -0.15) is 0 Å². The number of para-hydroxylation sites is 1. The molecule has 2 amide bonds. The lowest BCUT2D eigenvalue weighted by Gasteiger charge is -2.33. The number of halogens is 1. The SMILES string of the molecule is O=C(NC[C@]1(O)CCc2ccccc2C1)Nc1ccccc1Cl. The first-order valence-electron chi connectivity index (χ1n) is 7.64. The fourth-order valence-electron chi connectivity index (χ4n) is 2.91. The minimum Gasteiger partial charge on any atom is -0.388 e. The number of hydrogen-bond donors (Lipinski definition) is 3. The van der Waals surface area contributed by atoms with Crippen LogP contribution < -0.4 is 10.6 Å². The third kappa shape index (κ3) is 3.84. The highest BCUT2D eigenvalue weighted by Crippen LogP contribution is 2.28. The van der Waals surface area contributed by atoms with E-state index in [2.05, 4.69) is 16.7 Å². The highest BCUT2D eigenvalue weighted by molar-refractivity contribution is 6.33. The van der Waals surface area contributed by atoms with Crippen LogP contribution in [-0.2, 0) is 12.8 Å². The van der Waals surface area contributed by atoms with Crippen LogP contribution >= 0.6 is 11.6 Å². The van der Waals surface area contributed by atoms with Crippen molar-refractivity contribution in [3.05, 3.63) is 64.7 Å². The summed E-state index contributed by atoms with van der Waals surface area (Å²) in [4.78, 5) is 12.0. The third-order valence-corrected chi connectivity index (χ3v) is 4.53. The van der Waals surface area contributed by atoms with Gasteiger partial charge in [0, 0.05) is 13.0 Å². The fraction of sp³-hybridized carbons (Fsp3) is 0.278. The van der Waals surface area contributed by atoms with Gasteiger partial charge in [0.25, 0.3) is 0 Å². The summed E-state index contributed by atoms with van der Waals surface area (Å²) in [6.07, 6.45) is 2.01. The predicted octanol–water partition coefficient (Wildman–Crippen LogP) is 3.38. The van der Waals surface area contributed by atoms with E-state index in [1.54, 1.807) is 24.3 Å². The van der Waals surface area contributed by atoms with Crippen molar-refractivity contribution in [2.45, 2.75) is 24.9 Å². The molecule has 0 saturated carbocycles. The van der Waals surface area contributed by atoms with Crippen molar-refractivity contribution >= 4 is 23.3 Å². The number of urea groups is 1. The number of rotatable bonds is 3. The quantitative estimate of drug-likeness (QED) is 0.808. The van der Waals surface area contributed by atoms with Crippen LogP contribution in [0.4, 0.5) is 10.5 Å². The van der Waals surface area contributed by atoms with Gasteiger partial charge in [0.2, 0.25) is 0 Å². The molecule has 4 nitrogen and oxygen atoms in total. The molecule has 1 aliphatic rings. The van der Waals surface area contributed by atoms with E-state index in [-0.39, 0.29) is 12.6 Å². The van der Waals surface area contributed by atoms with E-state index in [4.69, 9.17) is 11.6 Å². The summed E-state index contributed by atoms with van der Waals surface area (Å²) in [6.45, 7) is 0.206. The molecule has 0 aromatic heterocycles. The number of anilines is 1. The molecule has 0 aliphatic heterocycles. The highest BCUT2D eigenvalue weighted by atomic mass is 35.5. The van der Waals surface area contributed by atoms with Crippen LogP contribution in [0.3, 0.4) is 0 Å². The molecule has 1 aliphatic carbocycles. The number of carbonyl (C=O) groups is 1. The second-order valence-electron chi connectivity index (χ2n) is 5.96. The Hall–Kier alpha value is -2.04. The summed E-state index contributed by atoms with van der Waals surface area (Å²) in [5.74, 6) is 0. The summed E-state index contributed by atoms with van der Waals surface area (Å²) < 4.78 is 0. The largest absolute Gasteiger partial charge is 0.388 e. The fourth-order valence-corrected chi connectivity index (χ4v) is 3.09. The zero-order chi connectivity index (χ0) is 16.3. The second kappa shape index (κ2) is 6.60. The molecule has 1 atom stereocenters. The van der Waals surface area contributed by atoms with Gasteiger partial charge in [-0.15, -0.1) is 0 Å². The summed E-state index contributed by atoms with van der Waals surface area (Å²) >= 11 is 6.01. The van der Waals surface area contributed by atoms with Gasteiger partial charge < -0.3 is 15.7 Å². The maximum atomic E-state index is 12.0. The van der Waals surface area contributed by atoms with E-state index in [0.717, 1.165) is 12.0 Å². The first-order chi connectivity index (χ1) is 11.1. The van der Waals surface area contributed by atoms with Crippen LogP contribution in [0.2, 0.25) is 5.02 Å². The van der Waals surface area contributed by atoms with E-state index < -0.39 is 5.60 Å². The number of nitrogens with one attached hydrogen (secondary N) is 2. The van der Waals surface area contributed by atoms with Gasteiger partial charge in [0.05, 0.1) is 16.3 Å². The summed E-state index contributed by atoms with van der Waals surface area (Å²) in [5.41, 5.74) is 2.06. The summed E-state index contributed by atoms with van der Waals surface area (Å²) in [6, 6.07) is 14.8. The van der Waals surface area contributed by atoms with Crippen molar-refractivity contribution in [1.82, 2.24) is 5.32 Å². The van der Waals surface area contributed by atoms with Gasteiger partial charge in [0.1, 0.15) is 0 Å². The standard InChI is InChI=1S/C18H19ClN2O2/c19-15-7-3-4-8-16(15)21-17(22)20-12-18(23)10-9-13-5-1-2-6-14(13)11-18/h1-8,23H,9-12H2,(H2,20,21,22)/t18-/m0/s1. The maximum absolute atomic E-state index is 12.0. The van der Waals surface area contributed by atoms with Crippen LogP contribution in [0, 0.1) is 0 Å². The van der Waals surface area contributed by atoms with E-state index in [0.29, 0.717) is 23.6 Å². The number of benzene rings is 2. The van der Waals surface area contributed by atoms with Crippen molar-refractivity contribution in [2.24, 2.45) is 0 Å². The van der Waals surface area contributed by atoms with E-state index in [9.17, 15) is 9.90 Å². The second-order valence-corrected chi connectivity index (χ2v) is 6.36. The van der Waals surface area contributed by atoms with Crippen molar-refractivity contribution in [3.63, 3.8) is 0 Å². The topological polar surface area (TPSA) is 61.4 Å². The van der Waals surface area contributed by atoms with Gasteiger partial charge in [-0.1, -0.05) is 48.0 Å². The molecule has 3 rings (SSSR count). The third-order valence-electron chi connectivity index (χ3n) is 4.20. The Kier molecular flexibility index (Phi) is 4.55. The van der Waals surface area contributed by atoms with Gasteiger partial charge >= 0.3 is 6.03 Å². The molecule has 0 bridgehead atoms. The predicted molar refractivity (Wildman–Crippen MR) is 91.9 cm³/mol. The molecule has 0 radical (unpaired) electrons. The van der Waals surface area contributed by atoms with Crippen molar-refractivity contribution < 1.29 is 9.90 Å². The zero-order valence-corrected chi connectivity index (χ0v) is 13.4. The highest BCUT2D eigenvalue weighted by Gasteiger charge is 2.32. The first kappa shape index (κ1) is 15.8. The van der Waals surface area contributed by atoms with Gasteiger partial charge in [0.15, 0.2) is 0 Å². The normalized spacial score (nSPS) is 19.7. The van der Waals surface area contributed by atoms with Gasteiger partial charge in [-0.05, 0) is 36.1 Å². The molecular weight excluding hydrogens is 312 g/mol. The Balaban J connectivity index is 1.58. The lowest BCUT2D eigenvalue weighted by molar-refractivity contribution is 0.0295. The molecule has 0 fully saturated rings. The Labute approximate surface area is 140 Å². The number of aryl methyl sites for hydroxylation is 1. The van der Waals surface area contributed by atoms with Crippen LogP contribution in [0.25, 0.3) is 0 Å². The zero-order valence-electron chi connectivity index (χ0n) is 12.7. The Bertz CT molecular complexity index is 720. The van der Waals surface area contributed by atoms with Crippen LogP contribution in [0.1, 0.15) is 17.5 Å². The molecule has 2 aromatic rings. The van der Waals surface area contributed by atoms with Crippen LogP contribution in [0.15, 0.2) is 48.5 Å². The molecular formula is C18H19ClN2O2. The number of hydrogen-bond acceptors (Lipinski definition) is 2. The molecule has 0 spiro atoms. The number of amides is 2. The van der Waals surface area contributed by atoms with Gasteiger partial charge in [-0.25, -0.2) is 4.79 Å². The molecule has 120 valence electrons. The monoisotopic (exact) mass is 330 g/mol. The maximum Gasteiger partial charge on any atom is 0.319 e. The summed E-state index contributed by atoms with van der Waals surface area (Å²) in [5, 5.41) is 16.6. The minimum absolute atomic E-state index is 0.206. The lowest BCUT2D eigenvalue weighted by Crippen LogP contribution is -2.47. The number of fused-ring (bicyclic) bond motifs is 1. The lowest BCUT2D eigenvalue weighted by atomic mass is 9.80. The van der Waals surface area contributed by atoms with Crippen molar-refractivity contribution in [2.75, 3.05) is 11.9 Å². The Morgan fingerprint density at radius 3 is 2.61 bits per heavy atom. The minimum atomic E-state index is -0.911. The van der Waals surface area contributed by atoms with Crippen molar-refractivity contribution in [1.29, 1.82) is 0 Å². The molecule has 5 heteroatoms. The average Bonchev–Trinajstić information content (AvgIpc) is 2.55. The van der Waals surface area contributed by atoms with Crippen molar-refractivity contribution in [3.8, 4) is 0 Å². The van der Waals surface area contributed by atoms with E-state index >= 15 is 0 Å². The Morgan fingerprint density at radius 1 is 1.13 bits per heavy atom. The number of carbonyl (C=O) groups excluding carboxylic acids is 1. The van der Waals surface area contributed by atoms with E-state index in [1.807, 2.05) is 18.2 Å². The van der Waals surface area contributed by atoms with Crippen LogP contribution in [0.5, 0.6) is 0 Å². The molecule has 3 N–H and O–H groups in total. The molecule has 0 unspecified atom stereocenters.